The second-order valence-electron chi connectivity index (χ2n) is 3.02. The molecular formula is C10H4Cl3N3O. The van der Waals surface area contributed by atoms with E-state index in [2.05, 4.69) is 15.0 Å². The van der Waals surface area contributed by atoms with Crippen LogP contribution in [0.25, 0.3) is 0 Å². The molecule has 0 radical (unpaired) electrons. The summed E-state index contributed by atoms with van der Waals surface area (Å²) in [5, 5.41) is 0.285. The molecule has 0 N–H and O–H groups in total. The lowest BCUT2D eigenvalue weighted by Crippen LogP contribution is -2.07. The first kappa shape index (κ1) is 12.2. The predicted octanol–water partition coefficient (Wildman–Crippen LogP) is 3.06. The highest BCUT2D eigenvalue weighted by Crippen LogP contribution is 2.21. The van der Waals surface area contributed by atoms with Gasteiger partial charge in [0, 0.05) is 18.0 Å². The molecule has 2 aromatic heterocycles. The lowest BCUT2D eigenvalue weighted by Gasteiger charge is -2.03. The first-order chi connectivity index (χ1) is 8.09. The number of aromatic nitrogens is 3. The van der Waals surface area contributed by atoms with Crippen molar-refractivity contribution in [3.8, 4) is 0 Å². The minimum absolute atomic E-state index is 0.00386. The standard InChI is InChI=1S/C10H4Cl3N3O/c11-6-3-14-2-1-5(6)9(17)8-10(13)16-7(12)4-15-8/h1-4H. The number of ketones is 1. The van der Waals surface area contributed by atoms with Crippen LogP contribution >= 0.6 is 34.8 Å². The van der Waals surface area contributed by atoms with E-state index >= 15 is 0 Å². The molecule has 2 heterocycles. The van der Waals surface area contributed by atoms with Gasteiger partial charge in [-0.2, -0.15) is 0 Å². The smallest absolute Gasteiger partial charge is 0.216 e. The van der Waals surface area contributed by atoms with Gasteiger partial charge in [-0.05, 0) is 6.07 Å². The van der Waals surface area contributed by atoms with Gasteiger partial charge in [-0.25, -0.2) is 9.97 Å². The largest absolute Gasteiger partial charge is 0.287 e. The number of rotatable bonds is 2. The van der Waals surface area contributed by atoms with Crippen molar-refractivity contribution >= 4 is 40.6 Å². The molecule has 86 valence electrons. The van der Waals surface area contributed by atoms with Gasteiger partial charge in [-0.15, -0.1) is 0 Å². The van der Waals surface area contributed by atoms with Gasteiger partial charge >= 0.3 is 0 Å². The molecule has 0 aliphatic rings. The molecule has 0 atom stereocenters. The normalized spacial score (nSPS) is 10.3. The van der Waals surface area contributed by atoms with E-state index in [9.17, 15) is 4.79 Å². The summed E-state index contributed by atoms with van der Waals surface area (Å²) < 4.78 is 0. The van der Waals surface area contributed by atoms with Crippen LogP contribution in [-0.2, 0) is 0 Å². The summed E-state index contributed by atoms with van der Waals surface area (Å²) in [5.41, 5.74) is 0.268. The number of halogens is 3. The van der Waals surface area contributed by atoms with Crippen LogP contribution in [0.1, 0.15) is 16.1 Å². The van der Waals surface area contributed by atoms with Gasteiger partial charge < -0.3 is 0 Å². The molecule has 0 bridgehead atoms. The fraction of sp³-hybridized carbons (Fsp3) is 0. The third kappa shape index (κ3) is 2.54. The Morgan fingerprint density at radius 1 is 1.18 bits per heavy atom. The van der Waals surface area contributed by atoms with Gasteiger partial charge in [0.1, 0.15) is 10.8 Å². The summed E-state index contributed by atoms with van der Waals surface area (Å²) in [7, 11) is 0. The molecule has 0 fully saturated rings. The zero-order valence-electron chi connectivity index (χ0n) is 8.19. The quantitative estimate of drug-likeness (QED) is 0.797. The topological polar surface area (TPSA) is 55.7 Å². The van der Waals surface area contributed by atoms with Crippen molar-refractivity contribution in [2.75, 3.05) is 0 Å². The van der Waals surface area contributed by atoms with Crippen molar-refractivity contribution in [2.45, 2.75) is 0 Å². The summed E-state index contributed by atoms with van der Waals surface area (Å²) in [6.07, 6.45) is 4.07. The van der Waals surface area contributed by atoms with Crippen molar-refractivity contribution in [1.29, 1.82) is 0 Å². The van der Waals surface area contributed by atoms with E-state index in [4.69, 9.17) is 34.8 Å². The van der Waals surface area contributed by atoms with Crippen LogP contribution in [0.3, 0.4) is 0 Å². The fourth-order valence-electron chi connectivity index (χ4n) is 1.19. The minimum atomic E-state index is -0.424. The van der Waals surface area contributed by atoms with E-state index in [0.29, 0.717) is 0 Å². The van der Waals surface area contributed by atoms with Crippen LogP contribution in [0.2, 0.25) is 15.3 Å². The molecule has 7 heteroatoms. The second kappa shape index (κ2) is 4.96. The van der Waals surface area contributed by atoms with E-state index < -0.39 is 5.78 Å². The Bertz CT molecular complexity index is 589. The Balaban J connectivity index is 2.48. The Kier molecular flexibility index (Phi) is 3.57. The predicted molar refractivity (Wildman–Crippen MR) is 64.7 cm³/mol. The maximum atomic E-state index is 12.1. The Morgan fingerprint density at radius 2 is 1.94 bits per heavy atom. The highest BCUT2D eigenvalue weighted by Gasteiger charge is 2.18. The first-order valence-corrected chi connectivity index (χ1v) is 5.55. The third-order valence-corrected chi connectivity index (χ3v) is 2.68. The maximum absolute atomic E-state index is 12.1. The summed E-state index contributed by atoms with van der Waals surface area (Å²) in [4.78, 5) is 23.4. The van der Waals surface area contributed by atoms with Gasteiger partial charge in [0.05, 0.1) is 11.2 Å². The van der Waals surface area contributed by atoms with E-state index in [1.54, 1.807) is 0 Å². The number of pyridine rings is 1. The Morgan fingerprint density at radius 3 is 2.59 bits per heavy atom. The van der Waals surface area contributed by atoms with Gasteiger partial charge in [0.2, 0.25) is 5.78 Å². The SMILES string of the molecule is O=C(c1ccncc1Cl)c1ncc(Cl)nc1Cl. The molecule has 0 aliphatic carbocycles. The van der Waals surface area contributed by atoms with Gasteiger partial charge in [0.15, 0.2) is 5.15 Å². The molecular weight excluding hydrogens is 284 g/mol. The number of carbonyl (C=O) groups excluding carboxylic acids is 1. The number of nitrogens with zero attached hydrogens (tertiary/aromatic N) is 3. The molecule has 0 saturated heterocycles. The summed E-state index contributed by atoms with van der Waals surface area (Å²) in [5.74, 6) is -0.424. The molecule has 17 heavy (non-hydrogen) atoms. The van der Waals surface area contributed by atoms with Crippen LogP contribution < -0.4 is 0 Å². The Labute approximate surface area is 112 Å². The maximum Gasteiger partial charge on any atom is 0.216 e. The molecule has 0 aromatic carbocycles. The van der Waals surface area contributed by atoms with Crippen molar-refractivity contribution in [1.82, 2.24) is 15.0 Å². The van der Waals surface area contributed by atoms with E-state index in [0.717, 1.165) is 0 Å². The van der Waals surface area contributed by atoms with Crippen LogP contribution in [0.5, 0.6) is 0 Å². The van der Waals surface area contributed by atoms with Crippen LogP contribution in [0.4, 0.5) is 0 Å². The molecule has 0 unspecified atom stereocenters. The third-order valence-electron chi connectivity index (χ3n) is 1.93. The van der Waals surface area contributed by atoms with Gasteiger partial charge in [-0.1, -0.05) is 34.8 Å². The number of hydrogen-bond acceptors (Lipinski definition) is 4. The van der Waals surface area contributed by atoms with E-state index in [1.165, 1.54) is 24.7 Å². The second-order valence-corrected chi connectivity index (χ2v) is 4.17. The molecule has 0 aliphatic heterocycles. The van der Waals surface area contributed by atoms with Crippen molar-refractivity contribution < 1.29 is 4.79 Å². The minimum Gasteiger partial charge on any atom is -0.287 e. The number of carbonyl (C=O) groups is 1. The summed E-state index contributed by atoms with van der Waals surface area (Å²) >= 11 is 17.2. The van der Waals surface area contributed by atoms with Crippen molar-refractivity contribution in [2.24, 2.45) is 0 Å². The molecule has 4 nitrogen and oxygen atoms in total. The average molecular weight is 289 g/mol. The van der Waals surface area contributed by atoms with Crippen LogP contribution in [0.15, 0.2) is 24.7 Å². The van der Waals surface area contributed by atoms with E-state index in [-0.39, 0.29) is 26.6 Å². The van der Waals surface area contributed by atoms with Crippen LogP contribution in [-0.4, -0.2) is 20.7 Å². The van der Waals surface area contributed by atoms with Crippen molar-refractivity contribution in [3.05, 3.63) is 51.2 Å². The molecule has 0 amide bonds. The lowest BCUT2D eigenvalue weighted by atomic mass is 10.1. The lowest BCUT2D eigenvalue weighted by molar-refractivity contribution is 0.103. The molecule has 0 saturated carbocycles. The number of hydrogen-bond donors (Lipinski definition) is 0. The molecule has 2 rings (SSSR count). The van der Waals surface area contributed by atoms with Crippen molar-refractivity contribution in [3.63, 3.8) is 0 Å². The van der Waals surface area contributed by atoms with Gasteiger partial charge in [0.25, 0.3) is 0 Å². The zero-order chi connectivity index (χ0) is 12.4. The first-order valence-electron chi connectivity index (χ1n) is 4.42. The summed E-state index contributed by atoms with van der Waals surface area (Å²) in [6.45, 7) is 0. The summed E-state index contributed by atoms with van der Waals surface area (Å²) in [6, 6.07) is 1.48. The molecule has 0 spiro atoms. The fourth-order valence-corrected chi connectivity index (χ4v) is 1.79. The van der Waals surface area contributed by atoms with E-state index in [1.807, 2.05) is 0 Å². The van der Waals surface area contributed by atoms with Gasteiger partial charge in [-0.3, -0.25) is 9.78 Å². The Hall–Kier alpha value is -1.23. The average Bonchev–Trinajstić information content (AvgIpc) is 2.29. The highest BCUT2D eigenvalue weighted by molar-refractivity contribution is 6.37. The zero-order valence-corrected chi connectivity index (χ0v) is 10.5. The molecule has 2 aromatic rings. The monoisotopic (exact) mass is 287 g/mol. The van der Waals surface area contributed by atoms with Crippen LogP contribution in [0, 0.1) is 0 Å². The highest BCUT2D eigenvalue weighted by atomic mass is 35.5.